The number of unbranched alkanes of at least 4 members (excludes halogenated alkanes) is 9. The molecule has 0 aromatic heterocycles. The van der Waals surface area contributed by atoms with E-state index in [1.54, 1.807) is 0 Å². The Labute approximate surface area is 113 Å². The lowest BCUT2D eigenvalue weighted by Crippen LogP contribution is -2.22. The van der Waals surface area contributed by atoms with E-state index >= 15 is 0 Å². The van der Waals surface area contributed by atoms with E-state index in [2.05, 4.69) is 6.92 Å². The molecule has 1 unspecified atom stereocenters. The van der Waals surface area contributed by atoms with E-state index in [-0.39, 0.29) is 6.04 Å². The SMILES string of the molecule is CCCCCCCCCCCCOOCC(C)N. The first-order valence-electron chi connectivity index (χ1n) is 7.77. The summed E-state index contributed by atoms with van der Waals surface area (Å²) in [5.41, 5.74) is 5.53. The fourth-order valence-electron chi connectivity index (χ4n) is 1.86. The van der Waals surface area contributed by atoms with Crippen LogP contribution in [0.25, 0.3) is 0 Å². The van der Waals surface area contributed by atoms with Gasteiger partial charge in [0.25, 0.3) is 0 Å². The third-order valence-electron chi connectivity index (χ3n) is 3.00. The van der Waals surface area contributed by atoms with Crippen molar-refractivity contribution in [2.75, 3.05) is 13.2 Å². The monoisotopic (exact) mass is 259 g/mol. The zero-order chi connectivity index (χ0) is 13.5. The minimum Gasteiger partial charge on any atom is -0.326 e. The van der Waals surface area contributed by atoms with Gasteiger partial charge in [-0.1, -0.05) is 64.7 Å². The van der Waals surface area contributed by atoms with Crippen molar-refractivity contribution in [3.8, 4) is 0 Å². The summed E-state index contributed by atoms with van der Waals surface area (Å²) in [5.74, 6) is 0. The van der Waals surface area contributed by atoms with E-state index in [1.165, 1.54) is 57.8 Å². The molecule has 0 aliphatic heterocycles. The third-order valence-corrected chi connectivity index (χ3v) is 3.00. The van der Waals surface area contributed by atoms with E-state index in [0.717, 1.165) is 6.42 Å². The third kappa shape index (κ3) is 15.9. The number of nitrogens with two attached hydrogens (primary N) is 1. The minimum atomic E-state index is 0.0534. The fraction of sp³-hybridized carbons (Fsp3) is 1.00. The molecular weight excluding hydrogens is 226 g/mol. The van der Waals surface area contributed by atoms with Crippen molar-refractivity contribution in [1.29, 1.82) is 0 Å². The maximum Gasteiger partial charge on any atom is 0.0970 e. The van der Waals surface area contributed by atoms with Gasteiger partial charge in [0.05, 0.1) is 13.2 Å². The summed E-state index contributed by atoms with van der Waals surface area (Å²) < 4.78 is 0. The predicted octanol–water partition coefficient (Wildman–Crippen LogP) is 4.20. The van der Waals surface area contributed by atoms with Crippen molar-refractivity contribution in [1.82, 2.24) is 0 Å². The average molecular weight is 259 g/mol. The zero-order valence-electron chi connectivity index (χ0n) is 12.5. The summed E-state index contributed by atoms with van der Waals surface area (Å²) in [6.07, 6.45) is 13.4. The Morgan fingerprint density at radius 1 is 0.778 bits per heavy atom. The van der Waals surface area contributed by atoms with Gasteiger partial charge >= 0.3 is 0 Å². The molecule has 0 amide bonds. The summed E-state index contributed by atoms with van der Waals surface area (Å²) in [7, 11) is 0. The van der Waals surface area contributed by atoms with Crippen molar-refractivity contribution in [2.45, 2.75) is 84.1 Å². The van der Waals surface area contributed by atoms with Gasteiger partial charge in [-0.15, -0.1) is 0 Å². The van der Waals surface area contributed by atoms with Gasteiger partial charge in [0.2, 0.25) is 0 Å². The first-order valence-corrected chi connectivity index (χ1v) is 7.77. The molecule has 0 aromatic rings. The maximum atomic E-state index is 5.53. The van der Waals surface area contributed by atoms with Gasteiger partial charge in [-0.25, -0.2) is 9.78 Å². The molecule has 0 fully saturated rings. The Hall–Kier alpha value is -0.120. The standard InChI is InChI=1S/C15H33NO2/c1-3-4-5-6-7-8-9-10-11-12-13-17-18-14-15(2)16/h15H,3-14,16H2,1-2H3. The normalized spacial score (nSPS) is 12.8. The van der Waals surface area contributed by atoms with Crippen LogP contribution in [0.15, 0.2) is 0 Å². The second-order valence-corrected chi connectivity index (χ2v) is 5.27. The first-order chi connectivity index (χ1) is 8.77. The van der Waals surface area contributed by atoms with Crippen LogP contribution in [0.3, 0.4) is 0 Å². The quantitative estimate of drug-likeness (QED) is 0.289. The molecule has 3 nitrogen and oxygen atoms in total. The molecule has 0 aliphatic rings. The smallest absolute Gasteiger partial charge is 0.0970 e. The Morgan fingerprint density at radius 2 is 1.28 bits per heavy atom. The van der Waals surface area contributed by atoms with Crippen molar-refractivity contribution in [2.24, 2.45) is 5.73 Å². The second kappa shape index (κ2) is 14.9. The van der Waals surface area contributed by atoms with Gasteiger partial charge in [0.1, 0.15) is 0 Å². The van der Waals surface area contributed by atoms with Crippen LogP contribution in [0.2, 0.25) is 0 Å². The molecule has 110 valence electrons. The second-order valence-electron chi connectivity index (χ2n) is 5.27. The van der Waals surface area contributed by atoms with Crippen molar-refractivity contribution >= 4 is 0 Å². The van der Waals surface area contributed by atoms with Crippen LogP contribution in [0.1, 0.15) is 78.1 Å². The molecule has 2 N–H and O–H groups in total. The highest BCUT2D eigenvalue weighted by Crippen LogP contribution is 2.10. The largest absolute Gasteiger partial charge is 0.326 e. The topological polar surface area (TPSA) is 44.5 Å². The van der Waals surface area contributed by atoms with Crippen molar-refractivity contribution in [3.63, 3.8) is 0 Å². The molecule has 0 spiro atoms. The Kier molecular flexibility index (Phi) is 14.8. The fourth-order valence-corrected chi connectivity index (χ4v) is 1.86. The van der Waals surface area contributed by atoms with Gasteiger partial charge in [-0.05, 0) is 13.3 Å². The van der Waals surface area contributed by atoms with Gasteiger partial charge in [-0.3, -0.25) is 0 Å². The number of hydrogen-bond donors (Lipinski definition) is 1. The lowest BCUT2D eigenvalue weighted by molar-refractivity contribution is -0.296. The summed E-state index contributed by atoms with van der Waals surface area (Å²) in [6.45, 7) is 5.35. The molecule has 0 saturated heterocycles. The summed E-state index contributed by atoms with van der Waals surface area (Å²) in [5, 5.41) is 0. The molecule has 0 aliphatic carbocycles. The van der Waals surface area contributed by atoms with E-state index in [4.69, 9.17) is 15.5 Å². The lowest BCUT2D eigenvalue weighted by atomic mass is 10.1. The summed E-state index contributed by atoms with van der Waals surface area (Å²) >= 11 is 0. The highest BCUT2D eigenvalue weighted by Gasteiger charge is 1.95. The predicted molar refractivity (Wildman–Crippen MR) is 77.4 cm³/mol. The first kappa shape index (κ1) is 17.9. The molecule has 0 radical (unpaired) electrons. The number of rotatable bonds is 14. The van der Waals surface area contributed by atoms with Crippen molar-refractivity contribution in [3.05, 3.63) is 0 Å². The van der Waals surface area contributed by atoms with Crippen LogP contribution in [0, 0.1) is 0 Å². The van der Waals surface area contributed by atoms with Gasteiger partial charge < -0.3 is 5.73 Å². The van der Waals surface area contributed by atoms with E-state index in [9.17, 15) is 0 Å². The van der Waals surface area contributed by atoms with Crippen LogP contribution in [-0.2, 0) is 9.78 Å². The molecule has 0 saturated carbocycles. The number of hydrogen-bond acceptors (Lipinski definition) is 3. The van der Waals surface area contributed by atoms with Crippen LogP contribution in [0.5, 0.6) is 0 Å². The molecule has 3 heteroatoms. The van der Waals surface area contributed by atoms with E-state index in [1.807, 2.05) is 6.92 Å². The Bertz CT molecular complexity index is 151. The van der Waals surface area contributed by atoms with Crippen LogP contribution in [-0.4, -0.2) is 19.3 Å². The van der Waals surface area contributed by atoms with Gasteiger partial charge in [0.15, 0.2) is 0 Å². The van der Waals surface area contributed by atoms with E-state index < -0.39 is 0 Å². The van der Waals surface area contributed by atoms with Crippen LogP contribution >= 0.6 is 0 Å². The molecule has 0 bridgehead atoms. The summed E-state index contributed by atoms with van der Waals surface area (Å²) in [6, 6.07) is 0.0534. The average Bonchev–Trinajstić information content (AvgIpc) is 2.34. The molecule has 0 aromatic carbocycles. The molecular formula is C15H33NO2. The summed E-state index contributed by atoms with van der Waals surface area (Å²) in [4.78, 5) is 9.99. The zero-order valence-corrected chi connectivity index (χ0v) is 12.5. The van der Waals surface area contributed by atoms with Crippen molar-refractivity contribution < 1.29 is 9.78 Å². The Balaban J connectivity index is 2.90. The molecule has 0 rings (SSSR count). The van der Waals surface area contributed by atoms with Gasteiger partial charge in [0, 0.05) is 6.04 Å². The molecule has 18 heavy (non-hydrogen) atoms. The van der Waals surface area contributed by atoms with Gasteiger partial charge in [-0.2, -0.15) is 0 Å². The van der Waals surface area contributed by atoms with Crippen LogP contribution in [0.4, 0.5) is 0 Å². The lowest BCUT2D eigenvalue weighted by Gasteiger charge is -2.06. The van der Waals surface area contributed by atoms with E-state index in [0.29, 0.717) is 13.2 Å². The maximum absolute atomic E-state index is 5.53. The molecule has 0 heterocycles. The van der Waals surface area contributed by atoms with Crippen LogP contribution < -0.4 is 5.73 Å². The minimum absolute atomic E-state index is 0.0534. The highest BCUT2D eigenvalue weighted by molar-refractivity contribution is 4.47. The Morgan fingerprint density at radius 3 is 1.78 bits per heavy atom. The molecule has 1 atom stereocenters. The highest BCUT2D eigenvalue weighted by atomic mass is 17.2.